The number of benzene rings is 1. The van der Waals surface area contributed by atoms with Crippen molar-refractivity contribution in [2.45, 2.75) is 32.7 Å². The second-order valence-electron chi connectivity index (χ2n) is 4.83. The Balaban J connectivity index is 0.00000289. The maximum absolute atomic E-state index is 11.7. The first kappa shape index (κ1) is 16.9. The fourth-order valence-electron chi connectivity index (χ4n) is 1.57. The summed E-state index contributed by atoms with van der Waals surface area (Å²) in [6, 6.07) is 9.72. The molecule has 0 heterocycles. The Bertz CT molecular complexity index is 354. The Kier molecular flexibility index (Phi) is 7.64. The normalized spacial score (nSPS) is 13.6. The summed E-state index contributed by atoms with van der Waals surface area (Å²) in [6.45, 7) is 6.62. The van der Waals surface area contributed by atoms with E-state index in [-0.39, 0.29) is 24.2 Å². The highest BCUT2D eigenvalue weighted by atomic mass is 35.5. The summed E-state index contributed by atoms with van der Waals surface area (Å²) in [5.74, 6) is 0.407. The first-order valence-corrected chi connectivity index (χ1v) is 6.10. The van der Waals surface area contributed by atoms with Crippen molar-refractivity contribution in [2.24, 2.45) is 11.7 Å². The number of halogens is 1. The van der Waals surface area contributed by atoms with Crippen LogP contribution in [0.2, 0.25) is 0 Å². The Morgan fingerprint density at radius 1 is 1.22 bits per heavy atom. The summed E-state index contributed by atoms with van der Waals surface area (Å²) in [5.41, 5.74) is 7.00. The van der Waals surface area contributed by atoms with E-state index in [1.54, 1.807) is 0 Å². The zero-order valence-corrected chi connectivity index (χ0v) is 12.0. The van der Waals surface area contributed by atoms with Crippen LogP contribution in [0.3, 0.4) is 0 Å². The van der Waals surface area contributed by atoms with Crippen LogP contribution in [0, 0.1) is 5.92 Å². The van der Waals surface area contributed by atoms with Gasteiger partial charge in [-0.05, 0) is 17.4 Å². The fraction of sp³-hybridized carbons (Fsp3) is 0.500. The Morgan fingerprint density at radius 2 is 1.78 bits per heavy atom. The summed E-state index contributed by atoms with van der Waals surface area (Å²) in [5, 5.41) is 2.90. The third-order valence-electron chi connectivity index (χ3n) is 2.97. The molecule has 0 saturated heterocycles. The van der Waals surface area contributed by atoms with Crippen LogP contribution in [-0.4, -0.2) is 18.5 Å². The number of rotatable bonds is 5. The molecule has 0 radical (unpaired) electrons. The maximum Gasteiger partial charge on any atom is 0.237 e. The van der Waals surface area contributed by atoms with Crippen LogP contribution >= 0.6 is 12.4 Å². The predicted octanol–water partition coefficient (Wildman–Crippen LogP) is 2.31. The Hall–Kier alpha value is -1.06. The molecule has 1 amide bonds. The maximum atomic E-state index is 11.7. The van der Waals surface area contributed by atoms with Gasteiger partial charge in [0.15, 0.2) is 0 Å². The summed E-state index contributed by atoms with van der Waals surface area (Å²) in [4.78, 5) is 11.7. The molecule has 0 aliphatic heterocycles. The average molecular weight is 271 g/mol. The number of nitrogens with one attached hydrogen (secondary N) is 1. The quantitative estimate of drug-likeness (QED) is 0.863. The molecule has 0 aromatic heterocycles. The first-order valence-electron chi connectivity index (χ1n) is 6.10. The molecule has 18 heavy (non-hydrogen) atoms. The minimum atomic E-state index is -0.419. The Labute approximate surface area is 116 Å². The van der Waals surface area contributed by atoms with Gasteiger partial charge in [-0.15, -0.1) is 12.4 Å². The van der Waals surface area contributed by atoms with Crippen molar-refractivity contribution in [1.82, 2.24) is 5.32 Å². The molecule has 1 aromatic carbocycles. The molecule has 1 aromatic rings. The number of hydrogen-bond donors (Lipinski definition) is 2. The highest BCUT2D eigenvalue weighted by Gasteiger charge is 2.17. The first-order chi connectivity index (χ1) is 8.02. The van der Waals surface area contributed by atoms with Crippen molar-refractivity contribution in [2.75, 3.05) is 6.54 Å². The van der Waals surface area contributed by atoms with Crippen LogP contribution in [0.1, 0.15) is 32.3 Å². The standard InChI is InChI=1S/C14H22N2O.ClH/c1-10(2)13(15)14(17)16-9-11(3)12-7-5-4-6-8-12;/h4-8,10-11,13H,9,15H2,1-3H3,(H,16,17);1H/t11?,13-;/m1./s1. The number of carbonyl (C=O) groups is 1. The molecule has 0 aliphatic rings. The van der Waals surface area contributed by atoms with Crippen molar-refractivity contribution < 1.29 is 4.79 Å². The third-order valence-corrected chi connectivity index (χ3v) is 2.97. The summed E-state index contributed by atoms with van der Waals surface area (Å²) in [6.07, 6.45) is 0. The van der Waals surface area contributed by atoms with Crippen molar-refractivity contribution in [3.8, 4) is 0 Å². The highest BCUT2D eigenvalue weighted by Crippen LogP contribution is 2.13. The lowest BCUT2D eigenvalue weighted by molar-refractivity contribution is -0.123. The van der Waals surface area contributed by atoms with Crippen LogP contribution in [-0.2, 0) is 4.79 Å². The van der Waals surface area contributed by atoms with Crippen LogP contribution in [0.15, 0.2) is 30.3 Å². The van der Waals surface area contributed by atoms with Gasteiger partial charge in [0.1, 0.15) is 0 Å². The molecule has 1 rings (SSSR count). The molecule has 102 valence electrons. The van der Waals surface area contributed by atoms with Gasteiger partial charge in [0.2, 0.25) is 5.91 Å². The third kappa shape index (κ3) is 5.07. The molecule has 0 fully saturated rings. The molecule has 0 saturated carbocycles. The molecular weight excluding hydrogens is 248 g/mol. The molecule has 2 atom stereocenters. The van der Waals surface area contributed by atoms with Gasteiger partial charge in [0.25, 0.3) is 0 Å². The topological polar surface area (TPSA) is 55.1 Å². The summed E-state index contributed by atoms with van der Waals surface area (Å²) >= 11 is 0. The van der Waals surface area contributed by atoms with Gasteiger partial charge in [-0.1, -0.05) is 51.1 Å². The second-order valence-corrected chi connectivity index (χ2v) is 4.83. The van der Waals surface area contributed by atoms with E-state index in [0.29, 0.717) is 12.5 Å². The highest BCUT2D eigenvalue weighted by molar-refractivity contribution is 5.85. The van der Waals surface area contributed by atoms with E-state index in [1.165, 1.54) is 5.56 Å². The monoisotopic (exact) mass is 270 g/mol. The van der Waals surface area contributed by atoms with Gasteiger partial charge in [0.05, 0.1) is 6.04 Å². The van der Waals surface area contributed by atoms with E-state index in [1.807, 2.05) is 32.0 Å². The fourth-order valence-corrected chi connectivity index (χ4v) is 1.57. The van der Waals surface area contributed by atoms with Gasteiger partial charge in [-0.3, -0.25) is 4.79 Å². The van der Waals surface area contributed by atoms with Gasteiger partial charge in [-0.2, -0.15) is 0 Å². The molecule has 3 nitrogen and oxygen atoms in total. The van der Waals surface area contributed by atoms with E-state index in [0.717, 1.165) is 0 Å². The molecular formula is C14H23ClN2O. The van der Waals surface area contributed by atoms with Crippen molar-refractivity contribution >= 4 is 18.3 Å². The lowest BCUT2D eigenvalue weighted by atomic mass is 10.0. The van der Waals surface area contributed by atoms with E-state index >= 15 is 0 Å². The van der Waals surface area contributed by atoms with E-state index in [4.69, 9.17) is 5.73 Å². The minimum Gasteiger partial charge on any atom is -0.354 e. The Morgan fingerprint density at radius 3 is 2.28 bits per heavy atom. The molecule has 0 spiro atoms. The molecule has 4 heteroatoms. The van der Waals surface area contributed by atoms with Crippen molar-refractivity contribution in [3.05, 3.63) is 35.9 Å². The number of nitrogens with two attached hydrogens (primary N) is 1. The largest absolute Gasteiger partial charge is 0.354 e. The van der Waals surface area contributed by atoms with Crippen molar-refractivity contribution in [3.63, 3.8) is 0 Å². The smallest absolute Gasteiger partial charge is 0.237 e. The minimum absolute atomic E-state index is 0. The lowest BCUT2D eigenvalue weighted by Gasteiger charge is -2.18. The molecule has 1 unspecified atom stereocenters. The van der Waals surface area contributed by atoms with Gasteiger partial charge < -0.3 is 11.1 Å². The summed E-state index contributed by atoms with van der Waals surface area (Å²) < 4.78 is 0. The number of hydrogen-bond acceptors (Lipinski definition) is 2. The van der Waals surface area contributed by atoms with Gasteiger partial charge in [-0.25, -0.2) is 0 Å². The SMILES string of the molecule is CC(CNC(=O)[C@H](N)C(C)C)c1ccccc1.Cl. The molecule has 0 bridgehead atoms. The number of carbonyl (C=O) groups excluding carboxylic acids is 1. The van der Waals surface area contributed by atoms with E-state index < -0.39 is 6.04 Å². The second kappa shape index (κ2) is 8.11. The van der Waals surface area contributed by atoms with Crippen LogP contribution in [0.25, 0.3) is 0 Å². The molecule has 0 aliphatic carbocycles. The van der Waals surface area contributed by atoms with E-state index in [9.17, 15) is 4.79 Å². The van der Waals surface area contributed by atoms with E-state index in [2.05, 4.69) is 24.4 Å². The molecule has 3 N–H and O–H groups in total. The van der Waals surface area contributed by atoms with Crippen LogP contribution in [0.4, 0.5) is 0 Å². The van der Waals surface area contributed by atoms with Gasteiger partial charge in [0, 0.05) is 6.54 Å². The zero-order valence-electron chi connectivity index (χ0n) is 11.2. The van der Waals surface area contributed by atoms with Crippen molar-refractivity contribution in [1.29, 1.82) is 0 Å². The number of amides is 1. The van der Waals surface area contributed by atoms with Gasteiger partial charge >= 0.3 is 0 Å². The van der Waals surface area contributed by atoms with Crippen LogP contribution in [0.5, 0.6) is 0 Å². The summed E-state index contributed by atoms with van der Waals surface area (Å²) in [7, 11) is 0. The lowest BCUT2D eigenvalue weighted by Crippen LogP contribution is -2.44. The predicted molar refractivity (Wildman–Crippen MR) is 77.9 cm³/mol. The van der Waals surface area contributed by atoms with Crippen LogP contribution < -0.4 is 11.1 Å². The average Bonchev–Trinajstić information content (AvgIpc) is 2.35. The zero-order chi connectivity index (χ0) is 12.8.